The van der Waals surface area contributed by atoms with Crippen molar-refractivity contribution in [2.24, 2.45) is 0 Å². The van der Waals surface area contributed by atoms with Crippen molar-refractivity contribution in [2.75, 3.05) is 10.6 Å². The number of carbonyl (C=O) groups is 3. The number of hydrogen-bond donors (Lipinski definition) is 3. The van der Waals surface area contributed by atoms with Gasteiger partial charge in [0.25, 0.3) is 11.8 Å². The maximum Gasteiger partial charge on any atom is 0.272 e. The molecule has 0 radical (unpaired) electrons. The number of aryl methyl sites for hydroxylation is 1. The van der Waals surface area contributed by atoms with Crippen LogP contribution in [0.2, 0.25) is 0 Å². The first kappa shape index (κ1) is 30.1. The molecule has 5 aromatic rings. The van der Waals surface area contributed by atoms with Gasteiger partial charge in [-0.3, -0.25) is 14.4 Å². The summed E-state index contributed by atoms with van der Waals surface area (Å²) in [6.45, 7) is 4.01. The van der Waals surface area contributed by atoms with Crippen LogP contribution in [0.15, 0.2) is 137 Å². The SMILES string of the molecule is Cc1cccc(NC(=O)C(Sc2ccc(NC(=O)/C(=C/c3ccco3)NC(=O)c3ccccc3)cc2)c2ccccc2)c1C. The molecule has 0 aliphatic heterocycles. The van der Waals surface area contributed by atoms with Gasteiger partial charge in [-0.25, -0.2) is 0 Å². The number of amides is 3. The van der Waals surface area contributed by atoms with Crippen LogP contribution in [0.25, 0.3) is 6.08 Å². The third kappa shape index (κ3) is 7.73. The summed E-state index contributed by atoms with van der Waals surface area (Å²) in [6, 6.07) is 34.7. The van der Waals surface area contributed by atoms with Crippen molar-refractivity contribution in [1.29, 1.82) is 0 Å². The van der Waals surface area contributed by atoms with Gasteiger partial charge < -0.3 is 20.4 Å². The second kappa shape index (κ2) is 14.2. The predicted octanol–water partition coefficient (Wildman–Crippen LogP) is 7.78. The van der Waals surface area contributed by atoms with Crippen molar-refractivity contribution in [3.8, 4) is 0 Å². The van der Waals surface area contributed by atoms with Crippen LogP contribution in [0.1, 0.15) is 38.1 Å². The van der Waals surface area contributed by atoms with Gasteiger partial charge in [-0.2, -0.15) is 0 Å². The monoisotopic (exact) mass is 601 g/mol. The minimum Gasteiger partial charge on any atom is -0.465 e. The van der Waals surface area contributed by atoms with Gasteiger partial charge >= 0.3 is 0 Å². The highest BCUT2D eigenvalue weighted by molar-refractivity contribution is 8.00. The lowest BCUT2D eigenvalue weighted by Gasteiger charge is -2.19. The molecule has 0 saturated carbocycles. The highest BCUT2D eigenvalue weighted by Gasteiger charge is 2.23. The van der Waals surface area contributed by atoms with Crippen LogP contribution in [-0.2, 0) is 9.59 Å². The van der Waals surface area contributed by atoms with Gasteiger partial charge in [0.05, 0.1) is 6.26 Å². The normalized spacial score (nSPS) is 11.8. The maximum absolute atomic E-state index is 13.6. The van der Waals surface area contributed by atoms with E-state index in [-0.39, 0.29) is 11.6 Å². The molecule has 1 unspecified atom stereocenters. The zero-order chi connectivity index (χ0) is 30.9. The Morgan fingerprint density at radius 1 is 0.750 bits per heavy atom. The van der Waals surface area contributed by atoms with Crippen LogP contribution >= 0.6 is 11.8 Å². The van der Waals surface area contributed by atoms with Crippen molar-refractivity contribution in [3.63, 3.8) is 0 Å². The van der Waals surface area contributed by atoms with Crippen molar-refractivity contribution < 1.29 is 18.8 Å². The van der Waals surface area contributed by atoms with E-state index >= 15 is 0 Å². The fourth-order valence-corrected chi connectivity index (χ4v) is 5.42. The highest BCUT2D eigenvalue weighted by atomic mass is 32.2. The lowest BCUT2D eigenvalue weighted by Crippen LogP contribution is -2.30. The summed E-state index contributed by atoms with van der Waals surface area (Å²) < 4.78 is 5.37. The first-order valence-electron chi connectivity index (χ1n) is 14.0. The summed E-state index contributed by atoms with van der Waals surface area (Å²) in [7, 11) is 0. The van der Waals surface area contributed by atoms with Crippen LogP contribution < -0.4 is 16.0 Å². The number of furan rings is 1. The second-order valence-electron chi connectivity index (χ2n) is 10.0. The van der Waals surface area contributed by atoms with Crippen molar-refractivity contribution in [1.82, 2.24) is 5.32 Å². The molecule has 0 bridgehead atoms. The van der Waals surface area contributed by atoms with Crippen LogP contribution in [-0.4, -0.2) is 17.7 Å². The largest absolute Gasteiger partial charge is 0.465 e. The quantitative estimate of drug-likeness (QED) is 0.112. The molecule has 44 heavy (non-hydrogen) atoms. The van der Waals surface area contributed by atoms with E-state index in [1.165, 1.54) is 24.1 Å². The minimum atomic E-state index is -0.513. The fourth-order valence-electron chi connectivity index (χ4n) is 4.39. The Kier molecular flexibility index (Phi) is 9.74. The van der Waals surface area contributed by atoms with E-state index in [9.17, 15) is 14.4 Å². The van der Waals surface area contributed by atoms with Gasteiger partial charge in [-0.05, 0) is 85.1 Å². The molecular formula is C36H31N3O4S. The minimum absolute atomic E-state index is 0.0273. The predicted molar refractivity (Wildman–Crippen MR) is 175 cm³/mol. The van der Waals surface area contributed by atoms with E-state index in [0.29, 0.717) is 17.0 Å². The molecule has 5 rings (SSSR count). The number of benzene rings is 4. The summed E-state index contributed by atoms with van der Waals surface area (Å²) in [5.41, 5.74) is 4.76. The van der Waals surface area contributed by atoms with Crippen LogP contribution in [0.3, 0.4) is 0 Å². The van der Waals surface area contributed by atoms with E-state index in [1.807, 2.05) is 80.6 Å². The van der Waals surface area contributed by atoms with Gasteiger partial charge in [0, 0.05) is 27.9 Å². The summed E-state index contributed by atoms with van der Waals surface area (Å²) >= 11 is 1.42. The number of anilines is 2. The third-order valence-electron chi connectivity index (χ3n) is 6.93. The Morgan fingerprint density at radius 2 is 1.45 bits per heavy atom. The molecule has 8 heteroatoms. The molecule has 0 spiro atoms. The molecule has 1 atom stereocenters. The summed E-state index contributed by atoms with van der Waals surface area (Å²) in [6.07, 6.45) is 2.96. The van der Waals surface area contributed by atoms with Crippen molar-refractivity contribution in [2.45, 2.75) is 24.0 Å². The Hall–Kier alpha value is -5.34. The van der Waals surface area contributed by atoms with Gasteiger partial charge in [0.2, 0.25) is 5.91 Å². The molecule has 4 aromatic carbocycles. The van der Waals surface area contributed by atoms with Crippen LogP contribution in [0, 0.1) is 13.8 Å². The van der Waals surface area contributed by atoms with Gasteiger partial charge in [-0.15, -0.1) is 11.8 Å². The molecular weight excluding hydrogens is 570 g/mol. The molecule has 0 aliphatic rings. The molecule has 3 N–H and O–H groups in total. The maximum atomic E-state index is 13.6. The smallest absolute Gasteiger partial charge is 0.272 e. The average molecular weight is 602 g/mol. The van der Waals surface area contributed by atoms with E-state index < -0.39 is 17.1 Å². The molecule has 7 nitrogen and oxygen atoms in total. The lowest BCUT2D eigenvalue weighted by atomic mass is 10.1. The molecule has 1 heterocycles. The second-order valence-corrected chi connectivity index (χ2v) is 11.2. The first-order chi connectivity index (χ1) is 21.4. The van der Waals surface area contributed by atoms with E-state index in [0.717, 1.165) is 27.3 Å². The summed E-state index contributed by atoms with van der Waals surface area (Å²) in [4.78, 5) is 40.5. The fraction of sp³-hybridized carbons (Fsp3) is 0.0833. The average Bonchev–Trinajstić information content (AvgIpc) is 3.56. The number of nitrogens with one attached hydrogen (secondary N) is 3. The Labute approximate surface area is 260 Å². The van der Waals surface area contributed by atoms with Crippen LogP contribution in [0.5, 0.6) is 0 Å². The van der Waals surface area contributed by atoms with Crippen molar-refractivity contribution in [3.05, 3.63) is 155 Å². The van der Waals surface area contributed by atoms with Gasteiger partial charge in [-0.1, -0.05) is 60.7 Å². The molecule has 220 valence electrons. The van der Waals surface area contributed by atoms with Gasteiger partial charge in [0.15, 0.2) is 0 Å². The number of rotatable bonds is 10. The Morgan fingerprint density at radius 3 is 2.14 bits per heavy atom. The molecule has 0 fully saturated rings. The Balaban J connectivity index is 1.31. The number of hydrogen-bond acceptors (Lipinski definition) is 5. The van der Waals surface area contributed by atoms with E-state index in [4.69, 9.17) is 4.42 Å². The zero-order valence-corrected chi connectivity index (χ0v) is 25.1. The number of thioether (sulfide) groups is 1. The number of carbonyl (C=O) groups excluding carboxylic acids is 3. The van der Waals surface area contributed by atoms with Gasteiger partial charge in [0.1, 0.15) is 16.7 Å². The third-order valence-corrected chi connectivity index (χ3v) is 8.19. The first-order valence-corrected chi connectivity index (χ1v) is 14.9. The topological polar surface area (TPSA) is 100 Å². The Bertz CT molecular complexity index is 1770. The molecule has 0 saturated heterocycles. The van der Waals surface area contributed by atoms with Crippen LogP contribution in [0.4, 0.5) is 11.4 Å². The molecule has 1 aromatic heterocycles. The zero-order valence-electron chi connectivity index (χ0n) is 24.2. The summed E-state index contributed by atoms with van der Waals surface area (Å²) in [5.74, 6) is -0.645. The standard InChI is InChI=1S/C36H31N3O4S/c1-24-11-9-17-31(25(24)2)38-36(42)33(26-12-5-3-6-13-26)44-30-20-18-28(19-21-30)37-35(41)32(23-29-16-10-22-43-29)39-34(40)27-14-7-4-8-15-27/h3-23,33H,1-2H3,(H,37,41)(H,38,42)(H,39,40)/b32-23-. The van der Waals surface area contributed by atoms with E-state index in [2.05, 4.69) is 16.0 Å². The highest BCUT2D eigenvalue weighted by Crippen LogP contribution is 2.37. The summed E-state index contributed by atoms with van der Waals surface area (Å²) in [5, 5.41) is 8.12. The molecule has 3 amide bonds. The van der Waals surface area contributed by atoms with Crippen molar-refractivity contribution >= 4 is 46.9 Å². The molecule has 0 aliphatic carbocycles. The van der Waals surface area contributed by atoms with E-state index in [1.54, 1.807) is 48.5 Å². The lowest BCUT2D eigenvalue weighted by molar-refractivity contribution is -0.116.